The van der Waals surface area contributed by atoms with Gasteiger partial charge in [0, 0.05) is 12.8 Å². The Morgan fingerprint density at radius 3 is 1.71 bits per heavy atom. The molecule has 0 aliphatic carbocycles. The van der Waals surface area contributed by atoms with E-state index < -0.39 is 57.9 Å². The third kappa shape index (κ3) is 39.7. The second-order valence-electron chi connectivity index (χ2n) is 13.8. The zero-order valence-electron chi connectivity index (χ0n) is 35.3. The van der Waals surface area contributed by atoms with Gasteiger partial charge < -0.3 is 29.7 Å². The fourth-order valence-electron chi connectivity index (χ4n) is 5.05. The number of phosphoric acid groups is 1. The lowest BCUT2D eigenvalue weighted by Gasteiger charge is -2.20. The Kier molecular flexibility index (Phi) is 38.4. The van der Waals surface area contributed by atoms with Crippen molar-refractivity contribution in [3.8, 4) is 0 Å². The first-order chi connectivity index (χ1) is 28.1. The normalized spacial score (nSPS) is 15.3. The molecule has 0 bridgehead atoms. The molecule has 330 valence electrons. The molecule has 0 fully saturated rings. The van der Waals surface area contributed by atoms with Crippen LogP contribution in [-0.2, 0) is 32.7 Å². The van der Waals surface area contributed by atoms with Crippen LogP contribution >= 0.6 is 7.82 Å². The van der Waals surface area contributed by atoms with Crippen molar-refractivity contribution >= 4 is 19.8 Å². The highest BCUT2D eigenvalue weighted by Crippen LogP contribution is 2.43. The van der Waals surface area contributed by atoms with Crippen molar-refractivity contribution in [3.63, 3.8) is 0 Å². The van der Waals surface area contributed by atoms with Crippen LogP contribution in [0.25, 0.3) is 0 Å². The maximum absolute atomic E-state index is 12.6. The van der Waals surface area contributed by atoms with Crippen molar-refractivity contribution in [2.75, 3.05) is 26.4 Å². The zero-order chi connectivity index (χ0) is 42.8. The Labute approximate surface area is 349 Å². The summed E-state index contributed by atoms with van der Waals surface area (Å²) in [7, 11) is -4.65. The molecule has 12 heteroatoms. The molecule has 4 N–H and O–H groups in total. The molecule has 4 atom stereocenters. The Hall–Kier alpha value is -3.15. The van der Waals surface area contributed by atoms with E-state index in [1.54, 1.807) is 6.08 Å². The van der Waals surface area contributed by atoms with Gasteiger partial charge in [0.05, 0.1) is 25.9 Å². The number of aliphatic hydroxyl groups excluding tert-OH is 3. The molecule has 0 heterocycles. The zero-order valence-corrected chi connectivity index (χ0v) is 36.2. The molecule has 0 radical (unpaired) electrons. The fraction of sp³-hybridized carbons (Fsp3) is 0.609. The van der Waals surface area contributed by atoms with E-state index >= 15 is 0 Å². The number of aliphatic hydroxyl groups is 3. The SMILES string of the molecule is CC/C=C\C/C=C\C/C=C\C/C=C\C/C=C\CCCCCC(=O)OC[C@H](COP(=O)(O)OC[C@@H](O)CO)OC(=O)CCCCCCC/C=C/C=C/C(O)C/C=C/CC. The summed E-state index contributed by atoms with van der Waals surface area (Å²) in [5.74, 6) is -1.03. The van der Waals surface area contributed by atoms with Gasteiger partial charge >= 0.3 is 19.8 Å². The molecule has 58 heavy (non-hydrogen) atoms. The van der Waals surface area contributed by atoms with Gasteiger partial charge in [-0.15, -0.1) is 0 Å². The van der Waals surface area contributed by atoms with E-state index in [9.17, 15) is 29.3 Å². The minimum absolute atomic E-state index is 0.124. The molecule has 0 rings (SSSR count). The summed E-state index contributed by atoms with van der Waals surface area (Å²) < 4.78 is 32.6. The number of rotatable bonds is 38. The number of phosphoric ester groups is 1. The summed E-state index contributed by atoms with van der Waals surface area (Å²) >= 11 is 0. The molecular formula is C46H75O11P. The van der Waals surface area contributed by atoms with Crippen LogP contribution in [0.2, 0.25) is 0 Å². The Morgan fingerprint density at radius 1 is 0.586 bits per heavy atom. The molecule has 0 aromatic heterocycles. The number of ether oxygens (including phenoxy) is 2. The number of allylic oxidation sites excluding steroid dienone is 14. The van der Waals surface area contributed by atoms with Crippen molar-refractivity contribution < 1.29 is 52.9 Å². The van der Waals surface area contributed by atoms with Crippen molar-refractivity contribution in [1.82, 2.24) is 0 Å². The molecule has 2 unspecified atom stereocenters. The molecule has 0 saturated heterocycles. The van der Waals surface area contributed by atoms with Gasteiger partial charge in [-0.25, -0.2) is 4.57 Å². The molecular weight excluding hydrogens is 759 g/mol. The fourth-order valence-corrected chi connectivity index (χ4v) is 5.84. The number of carbonyl (C=O) groups is 2. The minimum Gasteiger partial charge on any atom is -0.462 e. The van der Waals surface area contributed by atoms with E-state index in [0.29, 0.717) is 19.3 Å². The third-order valence-corrected chi connectivity index (χ3v) is 9.26. The monoisotopic (exact) mass is 835 g/mol. The summed E-state index contributed by atoms with van der Waals surface area (Å²) in [5, 5.41) is 28.2. The first-order valence-corrected chi connectivity index (χ1v) is 22.8. The maximum atomic E-state index is 12.6. The van der Waals surface area contributed by atoms with Gasteiger partial charge in [-0.1, -0.05) is 137 Å². The highest BCUT2D eigenvalue weighted by molar-refractivity contribution is 7.47. The molecule has 0 amide bonds. The predicted molar refractivity (Wildman–Crippen MR) is 234 cm³/mol. The molecule has 0 spiro atoms. The lowest BCUT2D eigenvalue weighted by atomic mass is 10.1. The topological polar surface area (TPSA) is 169 Å². The number of esters is 2. The number of hydrogen-bond donors (Lipinski definition) is 4. The van der Waals surface area contributed by atoms with Crippen LogP contribution in [0.1, 0.15) is 136 Å². The summed E-state index contributed by atoms with van der Waals surface area (Å²) in [5.41, 5.74) is 0. The van der Waals surface area contributed by atoms with Crippen molar-refractivity contribution in [2.45, 2.75) is 154 Å². The standard InChI is InChI=1S/C46H75O11P/c1-3-5-7-8-9-10-11-12-13-14-15-16-17-18-19-22-25-28-32-36-45(50)54-40-44(41-56-58(52,53)55-39-43(49)38-47)57-46(51)37-33-29-26-23-20-21-24-27-31-35-42(48)34-30-6-4-2/h5-7,9-10,12-13,15-16,18-19,24,27,30-31,35,42-44,47-49H,3-4,8,11,14,17,20-23,25-26,28-29,32-34,36-41H2,1-2H3,(H,52,53)/b7-5-,10-9-,13-12-,16-15-,19-18-,27-24+,30-6+,35-31+/t42?,43-,44+/m0/s1. The minimum atomic E-state index is -4.65. The van der Waals surface area contributed by atoms with Crippen molar-refractivity contribution in [2.24, 2.45) is 0 Å². The smallest absolute Gasteiger partial charge is 0.462 e. The van der Waals surface area contributed by atoms with E-state index in [4.69, 9.17) is 19.1 Å². The first kappa shape index (κ1) is 54.9. The van der Waals surface area contributed by atoms with Crippen molar-refractivity contribution in [1.29, 1.82) is 0 Å². The second kappa shape index (κ2) is 40.6. The lowest BCUT2D eigenvalue weighted by molar-refractivity contribution is -0.161. The number of carbonyl (C=O) groups excluding carboxylic acids is 2. The first-order valence-electron chi connectivity index (χ1n) is 21.3. The van der Waals surface area contributed by atoms with E-state index in [1.807, 2.05) is 24.3 Å². The largest absolute Gasteiger partial charge is 0.472 e. The average molecular weight is 835 g/mol. The van der Waals surface area contributed by atoms with Crippen LogP contribution in [0, 0.1) is 0 Å². The summed E-state index contributed by atoms with van der Waals surface area (Å²) in [6, 6.07) is 0. The molecule has 0 aromatic carbocycles. The highest BCUT2D eigenvalue weighted by Gasteiger charge is 2.27. The average Bonchev–Trinajstić information content (AvgIpc) is 3.20. The third-order valence-electron chi connectivity index (χ3n) is 8.31. The molecule has 0 aliphatic heterocycles. The van der Waals surface area contributed by atoms with Crippen LogP contribution in [0.15, 0.2) is 97.2 Å². The van der Waals surface area contributed by atoms with Crippen LogP contribution in [0.5, 0.6) is 0 Å². The summed E-state index contributed by atoms with van der Waals surface area (Å²) in [6.07, 6.45) is 45.6. The quantitative estimate of drug-likeness (QED) is 0.0154. The van der Waals surface area contributed by atoms with Gasteiger partial charge in [0.1, 0.15) is 12.7 Å². The number of unbranched alkanes of at least 4 members (excludes halogenated alkanes) is 8. The van der Waals surface area contributed by atoms with E-state index in [1.165, 1.54) is 0 Å². The van der Waals surface area contributed by atoms with Crippen LogP contribution in [0.3, 0.4) is 0 Å². The van der Waals surface area contributed by atoms with Gasteiger partial charge in [0.15, 0.2) is 6.10 Å². The van der Waals surface area contributed by atoms with Crippen molar-refractivity contribution in [3.05, 3.63) is 97.2 Å². The molecule has 0 aromatic rings. The predicted octanol–water partition coefficient (Wildman–Crippen LogP) is 10.2. The lowest BCUT2D eigenvalue weighted by Crippen LogP contribution is -2.29. The molecule has 11 nitrogen and oxygen atoms in total. The van der Waals surface area contributed by atoms with Crippen LogP contribution in [-0.4, -0.2) is 76.9 Å². The molecule has 0 saturated carbocycles. The highest BCUT2D eigenvalue weighted by atomic mass is 31.2. The Morgan fingerprint density at radius 2 is 1.09 bits per heavy atom. The summed E-state index contributed by atoms with van der Waals surface area (Å²) in [4.78, 5) is 35.0. The van der Waals surface area contributed by atoms with E-state index in [0.717, 1.165) is 89.9 Å². The van der Waals surface area contributed by atoms with E-state index in [-0.39, 0.29) is 19.4 Å². The Bertz CT molecular complexity index is 1300. The Balaban J connectivity index is 4.45. The maximum Gasteiger partial charge on any atom is 0.472 e. The second-order valence-corrected chi connectivity index (χ2v) is 15.3. The van der Waals surface area contributed by atoms with Crippen LogP contribution in [0.4, 0.5) is 0 Å². The summed E-state index contributed by atoms with van der Waals surface area (Å²) in [6.45, 7) is 1.94. The van der Waals surface area contributed by atoms with Gasteiger partial charge in [-0.05, 0) is 83.5 Å². The van der Waals surface area contributed by atoms with Gasteiger partial charge in [0.2, 0.25) is 0 Å². The van der Waals surface area contributed by atoms with Gasteiger partial charge in [0.25, 0.3) is 0 Å². The van der Waals surface area contributed by atoms with Gasteiger partial charge in [-0.2, -0.15) is 0 Å². The van der Waals surface area contributed by atoms with Crippen LogP contribution < -0.4 is 0 Å². The van der Waals surface area contributed by atoms with Gasteiger partial charge in [-0.3, -0.25) is 18.6 Å². The molecule has 0 aliphatic rings. The van der Waals surface area contributed by atoms with E-state index in [2.05, 4.69) is 85.2 Å². The number of hydrogen-bond acceptors (Lipinski definition) is 10.